The fourth-order valence-electron chi connectivity index (χ4n) is 5.45. The SMILES string of the molecule is C/C=C\C(=C/C(C)c1ccc2c(c1)[nH]c1c3ccoc3ccc21)c1nc(-c2ccccc2)nc(-c2cccc(Cl)c2)n1. The first-order valence-corrected chi connectivity index (χ1v) is 14.3. The molecule has 7 rings (SSSR count). The zero-order chi connectivity index (χ0) is 28.6. The van der Waals surface area contributed by atoms with Crippen molar-refractivity contribution in [2.75, 3.05) is 0 Å². The summed E-state index contributed by atoms with van der Waals surface area (Å²) < 4.78 is 5.61. The molecule has 3 aromatic heterocycles. The summed E-state index contributed by atoms with van der Waals surface area (Å²) in [4.78, 5) is 18.3. The van der Waals surface area contributed by atoms with Gasteiger partial charge in [-0.15, -0.1) is 0 Å². The number of nitrogens with zero attached hydrogens (tertiary/aromatic N) is 3. The van der Waals surface area contributed by atoms with Crippen LogP contribution >= 0.6 is 11.6 Å². The van der Waals surface area contributed by atoms with Crippen LogP contribution in [0.15, 0.2) is 120 Å². The minimum atomic E-state index is 0.0903. The molecular weight excluding hydrogens is 540 g/mol. The van der Waals surface area contributed by atoms with E-state index in [1.54, 1.807) is 6.26 Å². The van der Waals surface area contributed by atoms with Crippen molar-refractivity contribution in [1.82, 2.24) is 19.9 Å². The lowest BCUT2D eigenvalue weighted by molar-refractivity contribution is 0.616. The highest BCUT2D eigenvalue weighted by atomic mass is 35.5. The number of H-pyrrole nitrogens is 1. The van der Waals surface area contributed by atoms with Gasteiger partial charge in [-0.2, -0.15) is 0 Å². The van der Waals surface area contributed by atoms with Crippen LogP contribution in [0.25, 0.3) is 61.1 Å². The van der Waals surface area contributed by atoms with Crippen molar-refractivity contribution >= 4 is 49.9 Å². The van der Waals surface area contributed by atoms with E-state index < -0.39 is 0 Å². The van der Waals surface area contributed by atoms with Crippen LogP contribution in [0.4, 0.5) is 0 Å². The Balaban J connectivity index is 1.33. The first-order valence-electron chi connectivity index (χ1n) is 13.9. The van der Waals surface area contributed by atoms with Gasteiger partial charge in [-0.3, -0.25) is 0 Å². The Bertz CT molecular complexity index is 2140. The Morgan fingerprint density at radius 3 is 2.40 bits per heavy atom. The van der Waals surface area contributed by atoms with Crippen molar-refractivity contribution in [2.24, 2.45) is 0 Å². The maximum absolute atomic E-state index is 6.33. The Hall–Kier alpha value is -5.00. The van der Waals surface area contributed by atoms with Crippen LogP contribution in [0.3, 0.4) is 0 Å². The molecule has 0 saturated heterocycles. The maximum Gasteiger partial charge on any atom is 0.164 e. The van der Waals surface area contributed by atoms with Crippen molar-refractivity contribution in [3.8, 4) is 22.8 Å². The molecule has 4 aromatic carbocycles. The Morgan fingerprint density at radius 1 is 0.810 bits per heavy atom. The molecule has 3 heterocycles. The van der Waals surface area contributed by atoms with Crippen LogP contribution in [-0.4, -0.2) is 19.9 Å². The highest BCUT2D eigenvalue weighted by Crippen LogP contribution is 2.34. The lowest BCUT2D eigenvalue weighted by Crippen LogP contribution is -2.03. The van der Waals surface area contributed by atoms with Crippen LogP contribution < -0.4 is 0 Å². The molecule has 204 valence electrons. The molecule has 6 heteroatoms. The van der Waals surface area contributed by atoms with E-state index in [1.807, 2.05) is 79.7 Å². The van der Waals surface area contributed by atoms with Gasteiger partial charge < -0.3 is 9.40 Å². The molecule has 0 fully saturated rings. The van der Waals surface area contributed by atoms with Gasteiger partial charge in [0, 0.05) is 49.3 Å². The molecule has 42 heavy (non-hydrogen) atoms. The van der Waals surface area contributed by atoms with Gasteiger partial charge in [0.25, 0.3) is 0 Å². The molecule has 0 amide bonds. The van der Waals surface area contributed by atoms with Crippen LogP contribution in [0, 0.1) is 0 Å². The molecule has 1 atom stereocenters. The molecule has 0 aliphatic carbocycles. The largest absolute Gasteiger partial charge is 0.464 e. The lowest BCUT2D eigenvalue weighted by atomic mass is 9.96. The number of halogens is 1. The molecular formula is C36H27ClN4O. The predicted octanol–water partition coefficient (Wildman–Crippen LogP) is 10.0. The zero-order valence-corrected chi connectivity index (χ0v) is 23.9. The van der Waals surface area contributed by atoms with Crippen molar-refractivity contribution in [2.45, 2.75) is 19.8 Å². The van der Waals surface area contributed by atoms with E-state index in [9.17, 15) is 0 Å². The van der Waals surface area contributed by atoms with Gasteiger partial charge in [-0.05, 0) is 48.9 Å². The fourth-order valence-corrected chi connectivity index (χ4v) is 5.64. The summed E-state index contributed by atoms with van der Waals surface area (Å²) in [6, 6.07) is 30.4. The summed E-state index contributed by atoms with van der Waals surface area (Å²) in [5.41, 5.74) is 6.94. The van der Waals surface area contributed by atoms with E-state index in [1.165, 1.54) is 16.3 Å². The molecule has 0 spiro atoms. The van der Waals surface area contributed by atoms with Crippen molar-refractivity contribution in [1.29, 1.82) is 0 Å². The van der Waals surface area contributed by atoms with Gasteiger partial charge in [0.15, 0.2) is 17.5 Å². The average Bonchev–Trinajstić information content (AvgIpc) is 3.65. The minimum absolute atomic E-state index is 0.0903. The van der Waals surface area contributed by atoms with E-state index in [4.69, 9.17) is 31.0 Å². The standard InChI is InChI=1S/C36H27ClN4O/c1-3-8-25(35-39-34(23-9-5-4-6-10-23)40-36(41-35)26-11-7-12-27(37)20-26)19-22(2)24-13-14-28-29-15-16-32-30(17-18-42-32)33(29)38-31(28)21-24/h3-22,38H,1-2H3/b8-3-,25-19+. The summed E-state index contributed by atoms with van der Waals surface area (Å²) in [7, 11) is 0. The van der Waals surface area contributed by atoms with Crippen molar-refractivity contribution < 1.29 is 4.42 Å². The van der Waals surface area contributed by atoms with Gasteiger partial charge in [0.2, 0.25) is 0 Å². The van der Waals surface area contributed by atoms with Crippen LogP contribution in [-0.2, 0) is 0 Å². The number of allylic oxidation sites excluding steroid dienone is 4. The fraction of sp³-hybridized carbons (Fsp3) is 0.0833. The Labute approximate surface area is 248 Å². The first-order chi connectivity index (χ1) is 20.6. The molecule has 0 aliphatic rings. The second-order valence-corrected chi connectivity index (χ2v) is 10.8. The number of rotatable bonds is 6. The van der Waals surface area contributed by atoms with E-state index in [0.717, 1.165) is 38.7 Å². The van der Waals surface area contributed by atoms with Crippen LogP contribution in [0.1, 0.15) is 31.2 Å². The second kappa shape index (κ2) is 10.8. The number of benzene rings is 4. The summed E-state index contributed by atoms with van der Waals surface area (Å²) >= 11 is 6.33. The maximum atomic E-state index is 6.33. The molecule has 0 aliphatic heterocycles. The van der Waals surface area contributed by atoms with Crippen molar-refractivity contribution in [3.05, 3.63) is 132 Å². The van der Waals surface area contributed by atoms with E-state index in [2.05, 4.69) is 48.3 Å². The number of hydrogen-bond acceptors (Lipinski definition) is 4. The third kappa shape index (κ3) is 4.78. The lowest BCUT2D eigenvalue weighted by Gasteiger charge is -2.12. The molecule has 7 aromatic rings. The van der Waals surface area contributed by atoms with Gasteiger partial charge in [-0.25, -0.2) is 15.0 Å². The van der Waals surface area contributed by atoms with Crippen LogP contribution in [0.5, 0.6) is 0 Å². The van der Waals surface area contributed by atoms with Crippen LogP contribution in [0.2, 0.25) is 5.02 Å². The predicted molar refractivity (Wildman–Crippen MR) is 172 cm³/mol. The van der Waals surface area contributed by atoms with Gasteiger partial charge in [0.05, 0.1) is 11.8 Å². The number of hydrogen-bond donors (Lipinski definition) is 1. The number of furan rings is 1. The first kappa shape index (κ1) is 25.9. The molecule has 5 nitrogen and oxygen atoms in total. The highest BCUT2D eigenvalue weighted by Gasteiger charge is 2.16. The Kier molecular flexibility index (Phi) is 6.65. The summed E-state index contributed by atoms with van der Waals surface area (Å²) in [6.45, 7) is 4.20. The second-order valence-electron chi connectivity index (χ2n) is 10.3. The van der Waals surface area contributed by atoms with Gasteiger partial charge in [0.1, 0.15) is 5.58 Å². The quantitative estimate of drug-likeness (QED) is 0.203. The molecule has 0 bridgehead atoms. The third-order valence-corrected chi connectivity index (χ3v) is 7.77. The summed E-state index contributed by atoms with van der Waals surface area (Å²) in [5.74, 6) is 1.89. The summed E-state index contributed by atoms with van der Waals surface area (Å²) in [5, 5.41) is 4.11. The molecule has 0 saturated carbocycles. The number of aromatic nitrogens is 4. The van der Waals surface area contributed by atoms with Gasteiger partial charge >= 0.3 is 0 Å². The average molecular weight is 567 g/mol. The van der Waals surface area contributed by atoms with E-state index in [0.29, 0.717) is 22.5 Å². The monoisotopic (exact) mass is 566 g/mol. The van der Waals surface area contributed by atoms with E-state index in [-0.39, 0.29) is 5.92 Å². The smallest absolute Gasteiger partial charge is 0.164 e. The van der Waals surface area contributed by atoms with Crippen molar-refractivity contribution in [3.63, 3.8) is 0 Å². The van der Waals surface area contributed by atoms with E-state index >= 15 is 0 Å². The zero-order valence-electron chi connectivity index (χ0n) is 23.2. The highest BCUT2D eigenvalue weighted by molar-refractivity contribution is 6.30. The molecule has 1 unspecified atom stereocenters. The number of fused-ring (bicyclic) bond motifs is 5. The molecule has 1 N–H and O–H groups in total. The number of nitrogens with one attached hydrogen (secondary N) is 1. The summed E-state index contributed by atoms with van der Waals surface area (Å²) in [6.07, 6.45) is 8.02. The third-order valence-electron chi connectivity index (χ3n) is 7.54. The normalized spacial score (nSPS) is 13.1. The van der Waals surface area contributed by atoms with Gasteiger partial charge in [-0.1, -0.05) is 91.4 Å². The number of aromatic amines is 1. The molecule has 0 radical (unpaired) electrons. The topological polar surface area (TPSA) is 67.6 Å². The minimum Gasteiger partial charge on any atom is -0.464 e. The Morgan fingerprint density at radius 2 is 1.60 bits per heavy atom.